The third-order valence-corrected chi connectivity index (χ3v) is 6.25. The molecule has 0 saturated heterocycles. The highest BCUT2D eigenvalue weighted by Crippen LogP contribution is 2.39. The number of hydrogen-bond donors (Lipinski definition) is 1. The van der Waals surface area contributed by atoms with E-state index in [4.69, 9.17) is 0 Å². The average Bonchev–Trinajstić information content (AvgIpc) is 2.94. The molecule has 1 heterocycles. The van der Waals surface area contributed by atoms with E-state index in [1.165, 1.54) is 4.70 Å². The molecule has 0 spiro atoms. The lowest BCUT2D eigenvalue weighted by molar-refractivity contribution is 0.423. The van der Waals surface area contributed by atoms with Crippen LogP contribution in [0.2, 0.25) is 0 Å². The molecule has 4 nitrogen and oxygen atoms in total. The topological polar surface area (TPSA) is 49.9 Å². The van der Waals surface area contributed by atoms with Crippen molar-refractivity contribution in [3.05, 3.63) is 57.9 Å². The summed E-state index contributed by atoms with van der Waals surface area (Å²) >= 11 is 1.63. The molecule has 0 bridgehead atoms. The number of aromatic nitrogens is 1. The molecule has 1 aromatic heterocycles. The molecule has 0 saturated carbocycles. The summed E-state index contributed by atoms with van der Waals surface area (Å²) in [5, 5.41) is 20.0. The van der Waals surface area contributed by atoms with E-state index < -0.39 is 0 Å². The molecule has 5 heteroatoms. The molecule has 0 unspecified atom stereocenters. The predicted octanol–water partition coefficient (Wildman–Crippen LogP) is 5.87. The van der Waals surface area contributed by atoms with Crippen molar-refractivity contribution in [2.24, 2.45) is 17.3 Å². The van der Waals surface area contributed by atoms with Crippen LogP contribution in [0.15, 0.2) is 46.6 Å². The number of thiazole rings is 1. The van der Waals surface area contributed by atoms with Crippen LogP contribution in [0.4, 0.5) is 0 Å². The van der Waals surface area contributed by atoms with Gasteiger partial charge in [0.15, 0.2) is 0 Å². The van der Waals surface area contributed by atoms with Gasteiger partial charge in [-0.1, -0.05) is 65.0 Å². The van der Waals surface area contributed by atoms with Gasteiger partial charge in [0.25, 0.3) is 0 Å². The molecule has 0 aliphatic carbocycles. The standard InChI is InChI=1S/C24H31N3OS/c1-15(25-26-22-27(8)19-11-9-10-12-20(19)29-22)16-13-17(23(2,3)4)21(28)18(14-16)24(5,6)7/h9-14,28H,1-8H3. The largest absolute Gasteiger partial charge is 0.507 e. The fourth-order valence-electron chi connectivity index (χ4n) is 3.34. The Morgan fingerprint density at radius 1 is 0.966 bits per heavy atom. The molecule has 2 aromatic carbocycles. The van der Waals surface area contributed by atoms with Crippen LogP contribution in [0.25, 0.3) is 10.2 Å². The van der Waals surface area contributed by atoms with E-state index in [1.54, 1.807) is 11.3 Å². The second-order valence-electron chi connectivity index (χ2n) is 9.62. The van der Waals surface area contributed by atoms with E-state index in [1.807, 2.05) is 38.2 Å². The van der Waals surface area contributed by atoms with E-state index >= 15 is 0 Å². The van der Waals surface area contributed by atoms with E-state index in [9.17, 15) is 5.11 Å². The number of aryl methyl sites for hydroxylation is 1. The van der Waals surface area contributed by atoms with Gasteiger partial charge in [0, 0.05) is 18.2 Å². The molecule has 1 N–H and O–H groups in total. The van der Waals surface area contributed by atoms with Gasteiger partial charge in [-0.15, -0.1) is 5.10 Å². The van der Waals surface area contributed by atoms with Gasteiger partial charge in [-0.05, 0) is 47.6 Å². The van der Waals surface area contributed by atoms with Crippen LogP contribution in [0, 0.1) is 0 Å². The minimum Gasteiger partial charge on any atom is -0.507 e. The summed E-state index contributed by atoms with van der Waals surface area (Å²) in [6, 6.07) is 12.3. The minimum absolute atomic E-state index is 0.171. The molecule has 154 valence electrons. The summed E-state index contributed by atoms with van der Waals surface area (Å²) in [6.07, 6.45) is 0. The SMILES string of the molecule is CC(=NN=c1sc2ccccc2n1C)c1cc(C(C)(C)C)c(O)c(C(C)(C)C)c1. The molecule has 29 heavy (non-hydrogen) atoms. The lowest BCUT2D eigenvalue weighted by Crippen LogP contribution is -2.18. The summed E-state index contributed by atoms with van der Waals surface area (Å²) in [6.45, 7) is 14.7. The Morgan fingerprint density at radius 3 is 2.03 bits per heavy atom. The van der Waals surface area contributed by atoms with Crippen LogP contribution in [-0.4, -0.2) is 15.4 Å². The Hall–Kier alpha value is -2.40. The maximum absolute atomic E-state index is 10.9. The van der Waals surface area contributed by atoms with Crippen molar-refractivity contribution in [3.8, 4) is 5.75 Å². The Kier molecular flexibility index (Phi) is 5.48. The Morgan fingerprint density at radius 2 is 1.52 bits per heavy atom. The number of rotatable bonds is 2. The number of para-hydroxylation sites is 1. The van der Waals surface area contributed by atoms with Crippen molar-refractivity contribution in [2.45, 2.75) is 59.3 Å². The first-order valence-electron chi connectivity index (χ1n) is 9.91. The smallest absolute Gasteiger partial charge is 0.211 e. The van der Waals surface area contributed by atoms with Crippen LogP contribution in [-0.2, 0) is 17.9 Å². The van der Waals surface area contributed by atoms with Crippen molar-refractivity contribution >= 4 is 27.3 Å². The van der Waals surface area contributed by atoms with E-state index in [0.717, 1.165) is 32.7 Å². The first kappa shape index (κ1) is 21.3. The molecule has 0 amide bonds. The number of phenols is 1. The van der Waals surface area contributed by atoms with Crippen LogP contribution < -0.4 is 4.80 Å². The van der Waals surface area contributed by atoms with E-state index in [-0.39, 0.29) is 10.8 Å². The number of hydrogen-bond acceptors (Lipinski definition) is 4. The van der Waals surface area contributed by atoms with Crippen molar-refractivity contribution < 1.29 is 5.11 Å². The fourth-order valence-corrected chi connectivity index (χ4v) is 4.31. The summed E-state index contributed by atoms with van der Waals surface area (Å²) in [7, 11) is 2.01. The van der Waals surface area contributed by atoms with Crippen LogP contribution >= 0.6 is 11.3 Å². The van der Waals surface area contributed by atoms with Crippen LogP contribution in [0.3, 0.4) is 0 Å². The zero-order valence-corrected chi connectivity index (χ0v) is 19.5. The highest BCUT2D eigenvalue weighted by atomic mass is 32.1. The Balaban J connectivity index is 2.15. The first-order valence-corrected chi connectivity index (χ1v) is 10.7. The van der Waals surface area contributed by atoms with Gasteiger partial charge in [0.2, 0.25) is 4.80 Å². The maximum Gasteiger partial charge on any atom is 0.211 e. The van der Waals surface area contributed by atoms with E-state index in [2.05, 4.69) is 68.4 Å². The second kappa shape index (κ2) is 7.45. The average molecular weight is 410 g/mol. The third-order valence-electron chi connectivity index (χ3n) is 5.14. The summed E-state index contributed by atoms with van der Waals surface area (Å²) in [5.41, 5.74) is 4.50. The van der Waals surface area contributed by atoms with Gasteiger partial charge in [-0.25, -0.2) is 0 Å². The number of fused-ring (bicyclic) bond motifs is 1. The van der Waals surface area contributed by atoms with Crippen molar-refractivity contribution in [3.63, 3.8) is 0 Å². The molecular formula is C24H31N3OS. The molecule has 0 fully saturated rings. The van der Waals surface area contributed by atoms with Gasteiger partial charge >= 0.3 is 0 Å². The van der Waals surface area contributed by atoms with Gasteiger partial charge in [0.1, 0.15) is 5.75 Å². The van der Waals surface area contributed by atoms with Crippen molar-refractivity contribution in [1.82, 2.24) is 4.57 Å². The lowest BCUT2D eigenvalue weighted by atomic mass is 9.78. The maximum atomic E-state index is 10.9. The van der Waals surface area contributed by atoms with Crippen LogP contribution in [0.1, 0.15) is 65.2 Å². The number of nitrogens with zero attached hydrogens (tertiary/aromatic N) is 3. The molecule has 0 aliphatic rings. The molecule has 0 radical (unpaired) electrons. The second-order valence-corrected chi connectivity index (χ2v) is 10.6. The Bertz CT molecular complexity index is 1120. The van der Waals surface area contributed by atoms with Gasteiger partial charge in [-0.2, -0.15) is 5.10 Å². The highest BCUT2D eigenvalue weighted by Gasteiger charge is 2.26. The van der Waals surface area contributed by atoms with Crippen LogP contribution in [0.5, 0.6) is 5.75 Å². The summed E-state index contributed by atoms with van der Waals surface area (Å²) in [4.78, 5) is 0.858. The predicted molar refractivity (Wildman–Crippen MR) is 124 cm³/mol. The normalized spacial score (nSPS) is 14.1. The third kappa shape index (κ3) is 4.30. The molecular weight excluding hydrogens is 378 g/mol. The summed E-state index contributed by atoms with van der Waals surface area (Å²) in [5.74, 6) is 0.384. The molecule has 0 atom stereocenters. The highest BCUT2D eigenvalue weighted by molar-refractivity contribution is 7.16. The first-order chi connectivity index (χ1) is 13.4. The van der Waals surface area contributed by atoms with Gasteiger partial charge in [-0.3, -0.25) is 0 Å². The monoisotopic (exact) mass is 409 g/mol. The Labute approximate surface area is 177 Å². The lowest BCUT2D eigenvalue weighted by Gasteiger charge is -2.28. The van der Waals surface area contributed by atoms with Gasteiger partial charge < -0.3 is 9.67 Å². The summed E-state index contributed by atoms with van der Waals surface area (Å²) < 4.78 is 3.26. The van der Waals surface area contributed by atoms with E-state index in [0.29, 0.717) is 5.75 Å². The number of aromatic hydroxyl groups is 1. The number of phenolic OH excluding ortho intramolecular Hbond substituents is 1. The molecule has 3 aromatic rings. The molecule has 0 aliphatic heterocycles. The van der Waals surface area contributed by atoms with Gasteiger partial charge in [0.05, 0.1) is 15.9 Å². The van der Waals surface area contributed by atoms with Crippen molar-refractivity contribution in [2.75, 3.05) is 0 Å². The zero-order chi connectivity index (χ0) is 21.6. The van der Waals surface area contributed by atoms with Crippen molar-refractivity contribution in [1.29, 1.82) is 0 Å². The fraction of sp³-hybridized carbons (Fsp3) is 0.417. The number of benzene rings is 2. The molecule has 3 rings (SSSR count). The zero-order valence-electron chi connectivity index (χ0n) is 18.7. The quantitative estimate of drug-likeness (QED) is 0.418. The minimum atomic E-state index is -0.171.